The number of sulfonamides is 4. The van der Waals surface area contributed by atoms with Crippen LogP contribution in [-0.2, 0) is 57.3 Å². The lowest BCUT2D eigenvalue weighted by atomic mass is 9.87. The van der Waals surface area contributed by atoms with Gasteiger partial charge in [-0.15, -0.1) is 0 Å². The zero-order valence-electron chi connectivity index (χ0n) is 72.3. The van der Waals surface area contributed by atoms with E-state index in [4.69, 9.17) is 55.9 Å². The van der Waals surface area contributed by atoms with E-state index >= 15 is 0 Å². The highest BCUT2D eigenvalue weighted by molar-refractivity contribution is 7.99. The molecule has 0 radical (unpaired) electrons. The van der Waals surface area contributed by atoms with Crippen molar-refractivity contribution in [1.82, 2.24) is 29.9 Å². The number of carbonyl (C=O) groups is 3. The molecule has 13 rings (SSSR count). The van der Waals surface area contributed by atoms with Crippen LogP contribution in [0.2, 0.25) is 20.1 Å². The van der Waals surface area contributed by atoms with Crippen LogP contribution in [0.5, 0.6) is 11.5 Å². The molecule has 35 heteroatoms. The number of anilines is 7. The van der Waals surface area contributed by atoms with Crippen LogP contribution in [0.4, 0.5) is 40.1 Å². The summed E-state index contributed by atoms with van der Waals surface area (Å²) in [6.07, 6.45) is 10.1. The molecule has 26 nitrogen and oxygen atoms in total. The number of hydrogen-bond acceptors (Lipinski definition) is 21. The Morgan fingerprint density at radius 1 is 0.472 bits per heavy atom. The fourth-order valence-electron chi connectivity index (χ4n) is 12.5. The second-order valence-corrected chi connectivity index (χ2v) is 41.8. The van der Waals surface area contributed by atoms with Crippen LogP contribution in [0.3, 0.4) is 0 Å². The minimum atomic E-state index is -4.01. The summed E-state index contributed by atoms with van der Waals surface area (Å²) in [5.74, 6) is 1.05. The molecule has 1 aliphatic rings. The standard InChI is InChI=1S/C25H28ClN3O3S.C24H25ClN4O3S.C22H23ClN4O4S.C21H21ClN2O3S2/c1-17(2)29(20-9-7-6-8-10-20)24(30)23-22(15-19(26)16-27-23)28-33(31,32)21-13-11-18(12-14-21)25(3,4)5;1-24(2,3)17-8-10-19(11-9-17)33(31,32)28-20-14-18(25)15-27-21(20)23(30)29-13-5-7-16-6-4-12-26-22(16)29;1-14(2)31-17-6-8-18(9-7-17)32(29,30)26-19-11-16(23)13-25-21(19)22(28)15-5-10-20(24-12-15)27(3)4;1-15(2)27-17-9-11-19(12-10-17)29(25,26)24(3)20-13-16(22)14-23-21(20)28-18-7-5-4-6-8-18/h6-17,28H,1-5H3;4,6,8-12,14-15,28H,5,7,13H2,1-3H3;5-14,26H,1-4H3;4-15H,1-3H3. The molecule has 6 aromatic carbocycles. The minimum absolute atomic E-state index is 0.00369. The number of hydrogen-bond donors (Lipinski definition) is 3. The highest BCUT2D eigenvalue weighted by Gasteiger charge is 2.33. The van der Waals surface area contributed by atoms with Gasteiger partial charge in [0.25, 0.3) is 51.9 Å². The molecule has 0 fully saturated rings. The molecule has 2 amide bonds. The van der Waals surface area contributed by atoms with Gasteiger partial charge in [0.15, 0.2) is 11.4 Å². The summed E-state index contributed by atoms with van der Waals surface area (Å²) >= 11 is 25.7. The highest BCUT2D eigenvalue weighted by Crippen LogP contribution is 2.39. The zero-order chi connectivity index (χ0) is 92.7. The molecule has 666 valence electrons. The van der Waals surface area contributed by atoms with Crippen molar-refractivity contribution >= 4 is 156 Å². The summed E-state index contributed by atoms with van der Waals surface area (Å²) in [4.78, 5) is 71.4. The molecular weight excluding hydrogens is 1800 g/mol. The molecule has 127 heavy (non-hydrogen) atoms. The van der Waals surface area contributed by atoms with E-state index < -0.39 is 57.7 Å². The molecule has 0 unspecified atom stereocenters. The number of benzene rings is 6. The molecule has 0 saturated carbocycles. The maximum atomic E-state index is 13.5. The van der Waals surface area contributed by atoms with Gasteiger partial charge in [0, 0.05) is 87.1 Å². The Labute approximate surface area is 767 Å². The lowest BCUT2D eigenvalue weighted by molar-refractivity contribution is 0.0970. The van der Waals surface area contributed by atoms with Crippen molar-refractivity contribution in [3.8, 4) is 11.5 Å². The van der Waals surface area contributed by atoms with Gasteiger partial charge in [-0.3, -0.25) is 37.8 Å². The summed E-state index contributed by atoms with van der Waals surface area (Å²) in [6.45, 7) is 24.1. The first kappa shape index (κ1) is 97.9. The molecule has 0 saturated heterocycles. The molecule has 12 aromatic rings. The maximum absolute atomic E-state index is 13.5. The van der Waals surface area contributed by atoms with Crippen molar-refractivity contribution in [2.24, 2.45) is 0 Å². The van der Waals surface area contributed by atoms with Crippen LogP contribution in [0.25, 0.3) is 0 Å². The monoisotopic (exact) mass is 1890 g/mol. The molecule has 3 N–H and O–H groups in total. The van der Waals surface area contributed by atoms with Gasteiger partial charge in [0.1, 0.15) is 33.9 Å². The van der Waals surface area contributed by atoms with E-state index in [0.29, 0.717) is 51.1 Å². The summed E-state index contributed by atoms with van der Waals surface area (Å²) in [5, 5.41) is 1.51. The second-order valence-electron chi connectivity index (χ2n) is 31.9. The number of para-hydroxylation sites is 1. The molecule has 6 aromatic heterocycles. The van der Waals surface area contributed by atoms with E-state index in [2.05, 4.69) is 85.6 Å². The number of ether oxygens (including phenoxy) is 2. The van der Waals surface area contributed by atoms with Crippen LogP contribution in [-0.4, -0.2) is 127 Å². The van der Waals surface area contributed by atoms with E-state index in [0.717, 1.165) is 34.4 Å². The van der Waals surface area contributed by atoms with E-state index in [-0.39, 0.29) is 103 Å². The number of ketones is 1. The normalized spacial score (nSPS) is 12.2. The Bertz CT molecular complexity index is 6370. The third-order valence-electron chi connectivity index (χ3n) is 18.9. The third kappa shape index (κ3) is 26.0. The van der Waals surface area contributed by atoms with Crippen molar-refractivity contribution in [1.29, 1.82) is 0 Å². The van der Waals surface area contributed by atoms with Crippen LogP contribution < -0.4 is 42.6 Å². The number of pyridine rings is 6. The van der Waals surface area contributed by atoms with Crippen molar-refractivity contribution in [3.05, 3.63) is 303 Å². The quantitative estimate of drug-likeness (QED) is 0.0447. The Balaban J connectivity index is 0.000000177. The third-order valence-corrected chi connectivity index (χ3v) is 26.6. The number of aryl methyl sites for hydroxylation is 1. The average molecular weight is 1900 g/mol. The Kier molecular flexibility index (Phi) is 32.5. The number of nitrogens with zero attached hydrogens (tertiary/aromatic N) is 10. The number of carbonyl (C=O) groups excluding carboxylic acids is 3. The first-order valence-electron chi connectivity index (χ1n) is 39.8. The van der Waals surface area contributed by atoms with Crippen molar-refractivity contribution in [3.63, 3.8) is 0 Å². The fourth-order valence-corrected chi connectivity index (χ4v) is 18.5. The van der Waals surface area contributed by atoms with Gasteiger partial charge in [-0.25, -0.2) is 63.6 Å². The first-order chi connectivity index (χ1) is 59.8. The Morgan fingerprint density at radius 2 is 0.906 bits per heavy atom. The number of amides is 2. The predicted molar refractivity (Wildman–Crippen MR) is 505 cm³/mol. The molecular formula is C92H97Cl4N13O13S5. The molecule has 0 spiro atoms. The van der Waals surface area contributed by atoms with Gasteiger partial charge < -0.3 is 19.3 Å². The zero-order valence-corrected chi connectivity index (χ0v) is 79.4. The molecule has 0 atom stereocenters. The van der Waals surface area contributed by atoms with Gasteiger partial charge in [0.05, 0.1) is 74.6 Å². The number of rotatable bonds is 25. The lowest BCUT2D eigenvalue weighted by Crippen LogP contribution is -2.38. The van der Waals surface area contributed by atoms with E-state index in [1.165, 1.54) is 101 Å². The number of nitrogens with one attached hydrogen (secondary N) is 3. The highest BCUT2D eigenvalue weighted by atomic mass is 35.5. The van der Waals surface area contributed by atoms with Gasteiger partial charge in [-0.1, -0.05) is 166 Å². The maximum Gasteiger partial charge on any atom is 0.280 e. The Morgan fingerprint density at radius 3 is 1.36 bits per heavy atom. The Hall–Kier alpha value is -11.3. The molecule has 7 heterocycles. The van der Waals surface area contributed by atoms with Gasteiger partial charge in [0.2, 0.25) is 5.78 Å². The number of halogens is 4. The number of fused-ring (bicyclic) bond motifs is 1. The largest absolute Gasteiger partial charge is 0.491 e. The minimum Gasteiger partial charge on any atom is -0.491 e. The average Bonchev–Trinajstić information content (AvgIpc) is 0.790. The summed E-state index contributed by atoms with van der Waals surface area (Å²) in [5.41, 5.74) is 4.00. The SMILES string of the molecule is CC(C)(C)c1ccc(S(=O)(=O)Nc2cc(Cl)cnc2C(=O)N2CCCc3cccnc32)cc1.CC(C)N(C(=O)c1ncc(Cl)cc1NS(=O)(=O)c1ccc(C(C)(C)C)cc1)c1ccccc1.CC(C)Oc1ccc(S(=O)(=O)N(C)c2cc(Cl)cnc2Sc2ccccc2)cc1.CC(C)Oc1ccc(S(=O)(=O)Nc2cc(Cl)cnc2C(=O)c2ccc(N(C)C)nc2)cc1. The smallest absolute Gasteiger partial charge is 0.280 e. The van der Waals surface area contributed by atoms with E-state index in [1.54, 1.807) is 107 Å². The van der Waals surface area contributed by atoms with Crippen molar-refractivity contribution in [2.75, 3.05) is 60.9 Å². The van der Waals surface area contributed by atoms with Crippen LogP contribution in [0.15, 0.2) is 273 Å². The molecule has 1 aliphatic heterocycles. The molecule has 0 bridgehead atoms. The first-order valence-corrected chi connectivity index (χ1v) is 48.0. The van der Waals surface area contributed by atoms with E-state index in [9.17, 15) is 48.1 Å². The van der Waals surface area contributed by atoms with Crippen LogP contribution in [0, 0.1) is 0 Å². The summed E-state index contributed by atoms with van der Waals surface area (Å²) in [7, 11) is -10.6. The van der Waals surface area contributed by atoms with Crippen molar-refractivity contribution < 1.29 is 57.5 Å². The van der Waals surface area contributed by atoms with Crippen LogP contribution in [0.1, 0.15) is 143 Å². The fraction of sp³-hybridized carbons (Fsp3) is 0.250. The lowest BCUT2D eigenvalue weighted by Gasteiger charge is -2.28. The van der Waals surface area contributed by atoms with Gasteiger partial charge >= 0.3 is 0 Å². The number of aromatic nitrogens is 6. The van der Waals surface area contributed by atoms with Crippen LogP contribution >= 0.6 is 58.2 Å². The topological polar surface area (TPSA) is 333 Å². The predicted octanol–water partition coefficient (Wildman–Crippen LogP) is 20.2. The second kappa shape index (κ2) is 42.1. The molecule has 0 aliphatic carbocycles. The van der Waals surface area contributed by atoms with Gasteiger partial charge in [-0.05, 0) is 221 Å². The van der Waals surface area contributed by atoms with Gasteiger partial charge in [-0.2, -0.15) is 0 Å². The van der Waals surface area contributed by atoms with E-state index in [1.807, 2.05) is 128 Å². The summed E-state index contributed by atoms with van der Waals surface area (Å²) < 4.78 is 124. The summed E-state index contributed by atoms with van der Waals surface area (Å²) in [6, 6.07) is 57.0. The van der Waals surface area contributed by atoms with Crippen molar-refractivity contribution in [2.45, 2.75) is 155 Å².